The summed E-state index contributed by atoms with van der Waals surface area (Å²) in [6.07, 6.45) is 0.411. The number of nitriles is 1. The lowest BCUT2D eigenvalue weighted by atomic mass is 10.5. The molecular formula is C9H19N2O3P. The van der Waals surface area contributed by atoms with Gasteiger partial charge in [0.25, 0.3) is 0 Å². The van der Waals surface area contributed by atoms with Crippen LogP contribution in [-0.4, -0.2) is 46.7 Å². The minimum absolute atomic E-state index is 0.411. The molecule has 0 bridgehead atoms. The molecule has 0 aliphatic rings. The van der Waals surface area contributed by atoms with Crippen LogP contribution < -0.4 is 5.32 Å². The van der Waals surface area contributed by atoms with Crippen LogP contribution in [0.5, 0.6) is 0 Å². The van der Waals surface area contributed by atoms with Gasteiger partial charge in [-0.3, -0.25) is 0 Å². The van der Waals surface area contributed by atoms with Crippen LogP contribution in [0, 0.1) is 11.3 Å². The first-order valence-electron chi connectivity index (χ1n) is 4.90. The SMILES string of the molecule is CNCCOCCOP(C)OCCC#N. The van der Waals surface area contributed by atoms with E-state index < -0.39 is 8.38 Å². The number of hydrogen-bond acceptors (Lipinski definition) is 5. The molecule has 0 amide bonds. The molecule has 0 spiro atoms. The van der Waals surface area contributed by atoms with Crippen molar-refractivity contribution in [3.63, 3.8) is 0 Å². The summed E-state index contributed by atoms with van der Waals surface area (Å²) in [7, 11) is 1.02. The zero-order valence-corrected chi connectivity index (χ0v) is 10.3. The number of hydrogen-bond donors (Lipinski definition) is 1. The van der Waals surface area contributed by atoms with E-state index >= 15 is 0 Å². The second-order valence-corrected chi connectivity index (χ2v) is 4.13. The van der Waals surface area contributed by atoms with Gasteiger partial charge in [0.1, 0.15) is 0 Å². The largest absolute Gasteiger partial charge is 0.378 e. The van der Waals surface area contributed by atoms with E-state index in [-0.39, 0.29) is 0 Å². The topological polar surface area (TPSA) is 63.5 Å². The third-order valence-electron chi connectivity index (χ3n) is 1.48. The van der Waals surface area contributed by atoms with E-state index in [1.54, 1.807) is 0 Å². The van der Waals surface area contributed by atoms with E-state index in [2.05, 4.69) is 5.32 Å². The predicted octanol–water partition coefficient (Wildman–Crippen LogP) is 1.11. The van der Waals surface area contributed by atoms with E-state index in [0.29, 0.717) is 32.8 Å². The zero-order valence-electron chi connectivity index (χ0n) is 9.36. The second-order valence-electron chi connectivity index (χ2n) is 2.73. The highest BCUT2D eigenvalue weighted by Gasteiger charge is 2.01. The lowest BCUT2D eigenvalue weighted by Gasteiger charge is -2.11. The third kappa shape index (κ3) is 11.7. The standard InChI is InChI=1S/C9H19N2O3P/c1-11-5-7-12-8-9-14-15(2)13-6-3-4-10/h11H,3,5-9H2,1-2H3. The second kappa shape index (κ2) is 11.8. The van der Waals surface area contributed by atoms with Crippen molar-refractivity contribution in [2.45, 2.75) is 6.42 Å². The fourth-order valence-electron chi connectivity index (χ4n) is 0.758. The Morgan fingerprint density at radius 2 is 1.93 bits per heavy atom. The van der Waals surface area contributed by atoms with Crippen molar-refractivity contribution in [3.8, 4) is 6.07 Å². The minimum atomic E-state index is -0.863. The summed E-state index contributed by atoms with van der Waals surface area (Å²) in [6.45, 7) is 4.98. The Morgan fingerprint density at radius 3 is 2.60 bits per heavy atom. The average Bonchev–Trinajstić information content (AvgIpc) is 2.23. The van der Waals surface area contributed by atoms with Gasteiger partial charge in [-0.2, -0.15) is 5.26 Å². The van der Waals surface area contributed by atoms with Crippen molar-refractivity contribution in [3.05, 3.63) is 0 Å². The molecule has 1 atom stereocenters. The number of nitrogens with one attached hydrogen (secondary N) is 1. The van der Waals surface area contributed by atoms with Crippen LogP contribution in [-0.2, 0) is 13.8 Å². The Kier molecular flexibility index (Phi) is 11.6. The highest BCUT2D eigenvalue weighted by molar-refractivity contribution is 7.46. The summed E-state index contributed by atoms with van der Waals surface area (Å²) < 4.78 is 15.9. The molecule has 5 nitrogen and oxygen atoms in total. The first-order valence-corrected chi connectivity index (χ1v) is 6.52. The Bertz CT molecular complexity index is 175. The Balaban J connectivity index is 3.10. The van der Waals surface area contributed by atoms with E-state index in [1.807, 2.05) is 19.8 Å². The zero-order chi connectivity index (χ0) is 11.4. The summed E-state index contributed by atoms with van der Waals surface area (Å²) in [4.78, 5) is 0. The van der Waals surface area contributed by atoms with Crippen molar-refractivity contribution in [2.24, 2.45) is 0 Å². The lowest BCUT2D eigenvalue weighted by Crippen LogP contribution is -2.15. The van der Waals surface area contributed by atoms with Gasteiger partial charge in [-0.05, 0) is 7.05 Å². The molecule has 0 saturated heterocycles. The molecule has 1 unspecified atom stereocenters. The normalized spacial score (nSPS) is 12.3. The van der Waals surface area contributed by atoms with Crippen molar-refractivity contribution >= 4 is 8.38 Å². The fraction of sp³-hybridized carbons (Fsp3) is 0.889. The van der Waals surface area contributed by atoms with Gasteiger partial charge in [0.2, 0.25) is 0 Å². The van der Waals surface area contributed by atoms with Crippen LogP contribution in [0.25, 0.3) is 0 Å². The van der Waals surface area contributed by atoms with Gasteiger partial charge in [0.15, 0.2) is 8.38 Å². The summed E-state index contributed by atoms with van der Waals surface area (Å²) in [5.74, 6) is 0. The minimum Gasteiger partial charge on any atom is -0.378 e. The molecule has 0 rings (SSSR count). The van der Waals surface area contributed by atoms with E-state index in [1.165, 1.54) is 0 Å². The maximum atomic E-state index is 8.29. The van der Waals surface area contributed by atoms with E-state index in [0.717, 1.165) is 6.54 Å². The summed E-state index contributed by atoms with van der Waals surface area (Å²) in [5, 5.41) is 11.3. The van der Waals surface area contributed by atoms with Crippen LogP contribution in [0.15, 0.2) is 0 Å². The molecule has 0 fully saturated rings. The fourth-order valence-corrected chi connectivity index (χ4v) is 1.51. The van der Waals surface area contributed by atoms with Gasteiger partial charge in [-0.15, -0.1) is 0 Å². The van der Waals surface area contributed by atoms with Gasteiger partial charge in [0.05, 0.1) is 38.9 Å². The van der Waals surface area contributed by atoms with Crippen LogP contribution in [0.1, 0.15) is 6.42 Å². The lowest BCUT2D eigenvalue weighted by molar-refractivity contribution is 0.101. The van der Waals surface area contributed by atoms with Crippen LogP contribution in [0.2, 0.25) is 0 Å². The Labute approximate surface area is 92.6 Å². The first-order chi connectivity index (χ1) is 7.31. The van der Waals surface area contributed by atoms with Gasteiger partial charge >= 0.3 is 0 Å². The molecule has 0 aromatic carbocycles. The molecule has 0 aromatic heterocycles. The van der Waals surface area contributed by atoms with Gasteiger partial charge < -0.3 is 19.1 Å². The highest BCUT2D eigenvalue weighted by atomic mass is 31.2. The molecule has 0 aromatic rings. The van der Waals surface area contributed by atoms with E-state index in [4.69, 9.17) is 19.0 Å². The van der Waals surface area contributed by atoms with Gasteiger partial charge in [-0.25, -0.2) is 0 Å². The molecule has 1 N–H and O–H groups in total. The summed E-state index contributed by atoms with van der Waals surface area (Å²) >= 11 is 0. The molecule has 6 heteroatoms. The molecule has 88 valence electrons. The molecule has 0 aliphatic carbocycles. The monoisotopic (exact) mass is 234 g/mol. The predicted molar refractivity (Wildman–Crippen MR) is 59.7 cm³/mol. The molecule has 0 heterocycles. The molecule has 0 radical (unpaired) electrons. The smallest absolute Gasteiger partial charge is 0.167 e. The third-order valence-corrected chi connectivity index (χ3v) is 2.58. The average molecular weight is 234 g/mol. The summed E-state index contributed by atoms with van der Waals surface area (Å²) in [5.41, 5.74) is 0. The van der Waals surface area contributed by atoms with Crippen LogP contribution in [0.4, 0.5) is 0 Å². The summed E-state index contributed by atoms with van der Waals surface area (Å²) in [6, 6.07) is 2.01. The molecule has 15 heavy (non-hydrogen) atoms. The van der Waals surface area contributed by atoms with Crippen molar-refractivity contribution in [1.29, 1.82) is 5.26 Å². The Morgan fingerprint density at radius 1 is 1.20 bits per heavy atom. The number of likely N-dealkylation sites (N-methyl/N-ethyl adjacent to an activating group) is 1. The first kappa shape index (κ1) is 14.8. The number of ether oxygens (including phenoxy) is 1. The number of rotatable bonds is 10. The quantitative estimate of drug-likeness (QED) is 0.453. The van der Waals surface area contributed by atoms with Crippen LogP contribution >= 0.6 is 8.38 Å². The Hall–Kier alpha value is -0.240. The highest BCUT2D eigenvalue weighted by Crippen LogP contribution is 2.32. The maximum absolute atomic E-state index is 8.29. The molecular weight excluding hydrogens is 215 g/mol. The maximum Gasteiger partial charge on any atom is 0.167 e. The van der Waals surface area contributed by atoms with Crippen molar-refractivity contribution < 1.29 is 13.8 Å². The van der Waals surface area contributed by atoms with Crippen molar-refractivity contribution in [2.75, 3.05) is 46.7 Å². The molecule has 0 aliphatic heterocycles. The number of nitrogens with zero attached hydrogens (tertiary/aromatic N) is 1. The molecule has 0 saturated carbocycles. The van der Waals surface area contributed by atoms with Crippen LogP contribution in [0.3, 0.4) is 0 Å². The van der Waals surface area contributed by atoms with Gasteiger partial charge in [0, 0.05) is 13.2 Å². The van der Waals surface area contributed by atoms with E-state index in [9.17, 15) is 0 Å². The van der Waals surface area contributed by atoms with Gasteiger partial charge in [-0.1, -0.05) is 0 Å². The van der Waals surface area contributed by atoms with Crippen molar-refractivity contribution in [1.82, 2.24) is 5.32 Å².